The summed E-state index contributed by atoms with van der Waals surface area (Å²) < 4.78 is 0. The van der Waals surface area contributed by atoms with Crippen molar-refractivity contribution in [2.45, 2.75) is 25.7 Å². The van der Waals surface area contributed by atoms with E-state index in [1.165, 1.54) is 23.4 Å². The minimum absolute atomic E-state index is 0.0851. The van der Waals surface area contributed by atoms with E-state index in [0.717, 1.165) is 25.9 Å². The first-order chi connectivity index (χ1) is 11.1. The summed E-state index contributed by atoms with van der Waals surface area (Å²) in [5.74, 6) is 1.06. The molecule has 1 aromatic carbocycles. The number of hydrogen-bond acceptors (Lipinski definition) is 3. The maximum absolute atomic E-state index is 12.3. The van der Waals surface area contributed by atoms with Gasteiger partial charge < -0.3 is 10.0 Å². The predicted molar refractivity (Wildman–Crippen MR) is 89.6 cm³/mol. The molecule has 0 bridgehead atoms. The first-order valence-electron chi connectivity index (χ1n) is 7.89. The van der Waals surface area contributed by atoms with Crippen LogP contribution in [0.3, 0.4) is 0 Å². The maximum Gasteiger partial charge on any atom is 0.323 e. The molecule has 1 saturated heterocycles. The molecule has 2 N–H and O–H groups in total. The summed E-state index contributed by atoms with van der Waals surface area (Å²) >= 11 is 0. The summed E-state index contributed by atoms with van der Waals surface area (Å²) in [6, 6.07) is 11.6. The summed E-state index contributed by atoms with van der Waals surface area (Å²) in [6.45, 7) is 3.57. The number of urea groups is 1. The Kier molecular flexibility index (Phi) is 4.46. The Morgan fingerprint density at radius 1 is 1.17 bits per heavy atom. The van der Waals surface area contributed by atoms with Crippen molar-refractivity contribution < 1.29 is 9.90 Å². The van der Waals surface area contributed by atoms with Gasteiger partial charge in [-0.05, 0) is 43.4 Å². The Morgan fingerprint density at radius 3 is 2.48 bits per heavy atom. The molecule has 2 amide bonds. The monoisotopic (exact) mass is 311 g/mol. The van der Waals surface area contributed by atoms with Gasteiger partial charge in [0.1, 0.15) is 11.6 Å². The number of likely N-dealkylation sites (tertiary alicyclic amines) is 1. The fraction of sp³-hybridized carbons (Fsp3) is 0.333. The average molecular weight is 311 g/mol. The molecule has 3 rings (SSSR count). The second-order valence-corrected chi connectivity index (χ2v) is 6.00. The molecule has 0 unspecified atom stereocenters. The molecule has 1 aromatic heterocycles. The molecule has 5 heteroatoms. The number of hydrogen-bond donors (Lipinski definition) is 2. The van der Waals surface area contributed by atoms with Crippen LogP contribution in [0.25, 0.3) is 0 Å². The van der Waals surface area contributed by atoms with Gasteiger partial charge in [-0.25, -0.2) is 9.78 Å². The molecule has 120 valence electrons. The number of rotatable bonds is 2. The van der Waals surface area contributed by atoms with Gasteiger partial charge in [0, 0.05) is 13.1 Å². The molecule has 0 radical (unpaired) electrons. The second-order valence-electron chi connectivity index (χ2n) is 6.00. The normalized spacial score (nSPS) is 15.4. The lowest BCUT2D eigenvalue weighted by Crippen LogP contribution is -2.40. The standard InChI is InChI=1S/C18H21N3O2/c1-13-2-4-14(5-3-13)15-8-10-21(11-9-15)18(23)20-17-7-6-16(22)12-19-17/h2-7,12,15,22H,8-11H2,1H3,(H,19,20,23). The fourth-order valence-electron chi connectivity index (χ4n) is 2.90. The lowest BCUT2D eigenvalue weighted by molar-refractivity contribution is 0.194. The van der Waals surface area contributed by atoms with Crippen LogP contribution in [0.5, 0.6) is 5.75 Å². The highest BCUT2D eigenvalue weighted by Crippen LogP contribution is 2.28. The summed E-state index contributed by atoms with van der Waals surface area (Å²) in [7, 11) is 0. The van der Waals surface area contributed by atoms with Crippen molar-refractivity contribution in [3.63, 3.8) is 0 Å². The lowest BCUT2D eigenvalue weighted by atomic mass is 9.89. The van der Waals surface area contributed by atoms with Gasteiger partial charge in [0.25, 0.3) is 0 Å². The molecule has 5 nitrogen and oxygen atoms in total. The van der Waals surface area contributed by atoms with Gasteiger partial charge in [-0.3, -0.25) is 5.32 Å². The lowest BCUT2D eigenvalue weighted by Gasteiger charge is -2.32. The molecule has 0 atom stereocenters. The zero-order valence-electron chi connectivity index (χ0n) is 13.2. The summed E-state index contributed by atoms with van der Waals surface area (Å²) in [5.41, 5.74) is 2.63. The van der Waals surface area contributed by atoms with E-state index < -0.39 is 0 Å². The number of piperidine rings is 1. The number of anilines is 1. The summed E-state index contributed by atoms with van der Waals surface area (Å²) in [5, 5.41) is 12.0. The SMILES string of the molecule is Cc1ccc(C2CCN(C(=O)Nc3ccc(O)cn3)CC2)cc1. The number of aromatic hydroxyl groups is 1. The zero-order chi connectivity index (χ0) is 16.2. The van der Waals surface area contributed by atoms with Crippen molar-refractivity contribution in [1.82, 2.24) is 9.88 Å². The van der Waals surface area contributed by atoms with Crippen LogP contribution in [0.1, 0.15) is 29.9 Å². The fourth-order valence-corrected chi connectivity index (χ4v) is 2.90. The molecular formula is C18H21N3O2. The first-order valence-corrected chi connectivity index (χ1v) is 7.89. The maximum atomic E-state index is 12.3. The van der Waals surface area contributed by atoms with E-state index in [0.29, 0.717) is 11.7 Å². The number of nitrogens with zero attached hydrogens (tertiary/aromatic N) is 2. The number of aromatic nitrogens is 1. The van der Waals surface area contributed by atoms with E-state index in [2.05, 4.69) is 41.5 Å². The summed E-state index contributed by atoms with van der Waals surface area (Å²) in [6.07, 6.45) is 3.26. The smallest absolute Gasteiger partial charge is 0.323 e. The third kappa shape index (κ3) is 3.80. The molecule has 0 aliphatic carbocycles. The Labute approximate surface area is 136 Å². The number of benzene rings is 1. The molecule has 1 aliphatic rings. The van der Waals surface area contributed by atoms with Gasteiger partial charge in [0.2, 0.25) is 0 Å². The Bertz CT molecular complexity index is 660. The minimum atomic E-state index is -0.134. The average Bonchev–Trinajstić information content (AvgIpc) is 2.58. The van der Waals surface area contributed by atoms with Crippen LogP contribution < -0.4 is 5.32 Å². The molecule has 2 aromatic rings. The largest absolute Gasteiger partial charge is 0.506 e. The highest BCUT2D eigenvalue weighted by Gasteiger charge is 2.23. The Balaban J connectivity index is 1.54. The summed E-state index contributed by atoms with van der Waals surface area (Å²) in [4.78, 5) is 18.0. The van der Waals surface area contributed by atoms with E-state index in [4.69, 9.17) is 0 Å². The molecular weight excluding hydrogens is 290 g/mol. The van der Waals surface area contributed by atoms with Crippen LogP contribution in [0.15, 0.2) is 42.6 Å². The second kappa shape index (κ2) is 6.69. The highest BCUT2D eigenvalue weighted by molar-refractivity contribution is 5.88. The number of aryl methyl sites for hydroxylation is 1. The number of pyridine rings is 1. The molecule has 23 heavy (non-hydrogen) atoms. The van der Waals surface area contributed by atoms with Crippen molar-refractivity contribution in [3.8, 4) is 5.75 Å². The van der Waals surface area contributed by atoms with Crippen molar-refractivity contribution in [3.05, 3.63) is 53.7 Å². The number of nitrogens with one attached hydrogen (secondary N) is 1. The van der Waals surface area contributed by atoms with Gasteiger partial charge in [-0.2, -0.15) is 0 Å². The van der Waals surface area contributed by atoms with E-state index in [-0.39, 0.29) is 11.8 Å². The molecule has 1 aliphatic heterocycles. The van der Waals surface area contributed by atoms with E-state index >= 15 is 0 Å². The quantitative estimate of drug-likeness (QED) is 0.892. The van der Waals surface area contributed by atoms with Crippen LogP contribution >= 0.6 is 0 Å². The highest BCUT2D eigenvalue weighted by atomic mass is 16.3. The molecule has 0 saturated carbocycles. The molecule has 1 fully saturated rings. The number of carbonyl (C=O) groups is 1. The zero-order valence-corrected chi connectivity index (χ0v) is 13.2. The third-order valence-electron chi connectivity index (χ3n) is 4.31. The van der Waals surface area contributed by atoms with Crippen molar-refractivity contribution >= 4 is 11.8 Å². The van der Waals surface area contributed by atoms with Crippen LogP contribution in [0.2, 0.25) is 0 Å². The van der Waals surface area contributed by atoms with Gasteiger partial charge >= 0.3 is 6.03 Å². The van der Waals surface area contributed by atoms with Gasteiger partial charge in [0.05, 0.1) is 6.20 Å². The Morgan fingerprint density at radius 2 is 1.87 bits per heavy atom. The van der Waals surface area contributed by atoms with Crippen molar-refractivity contribution in [1.29, 1.82) is 0 Å². The predicted octanol–water partition coefficient (Wildman–Crippen LogP) is 3.51. The molecule has 2 heterocycles. The van der Waals surface area contributed by atoms with Crippen molar-refractivity contribution in [2.75, 3.05) is 18.4 Å². The topological polar surface area (TPSA) is 65.5 Å². The third-order valence-corrected chi connectivity index (χ3v) is 4.31. The number of amides is 2. The minimum Gasteiger partial charge on any atom is -0.506 e. The van der Waals surface area contributed by atoms with Crippen molar-refractivity contribution in [2.24, 2.45) is 0 Å². The number of carbonyl (C=O) groups excluding carboxylic acids is 1. The van der Waals surface area contributed by atoms with Gasteiger partial charge in [0.15, 0.2) is 0 Å². The van der Waals surface area contributed by atoms with Gasteiger partial charge in [-0.15, -0.1) is 0 Å². The van der Waals surface area contributed by atoms with E-state index in [1.807, 2.05) is 4.90 Å². The Hall–Kier alpha value is -2.56. The van der Waals surface area contributed by atoms with Crippen LogP contribution in [0, 0.1) is 6.92 Å². The molecule has 0 spiro atoms. The van der Waals surface area contributed by atoms with Crippen LogP contribution in [-0.4, -0.2) is 34.1 Å². The van der Waals surface area contributed by atoms with Crippen LogP contribution in [-0.2, 0) is 0 Å². The van der Waals surface area contributed by atoms with E-state index in [9.17, 15) is 9.90 Å². The van der Waals surface area contributed by atoms with E-state index in [1.54, 1.807) is 6.07 Å². The first kappa shape index (κ1) is 15.3. The van der Waals surface area contributed by atoms with Crippen LogP contribution in [0.4, 0.5) is 10.6 Å². The van der Waals surface area contributed by atoms with Gasteiger partial charge in [-0.1, -0.05) is 29.8 Å².